The molecule has 0 fully saturated rings. The van der Waals surface area contributed by atoms with Crippen LogP contribution in [0.15, 0.2) is 16.6 Å². The number of nitrogen functional groups attached to an aromatic ring is 1. The van der Waals surface area contributed by atoms with E-state index in [0.29, 0.717) is 12.1 Å². The van der Waals surface area contributed by atoms with Crippen LogP contribution < -0.4 is 11.1 Å². The topological polar surface area (TPSA) is 72.9 Å². The zero-order valence-corrected chi connectivity index (χ0v) is 12.2. The molecule has 0 saturated heterocycles. The Morgan fingerprint density at radius 2 is 2.16 bits per heavy atom. The van der Waals surface area contributed by atoms with Gasteiger partial charge in [-0.2, -0.15) is 5.10 Å². The van der Waals surface area contributed by atoms with Crippen molar-refractivity contribution in [3.05, 3.63) is 33.6 Å². The van der Waals surface area contributed by atoms with E-state index in [9.17, 15) is 4.79 Å². The molecule has 19 heavy (non-hydrogen) atoms. The maximum atomic E-state index is 11.4. The summed E-state index contributed by atoms with van der Waals surface area (Å²) in [6.07, 6.45) is 0.390. The van der Waals surface area contributed by atoms with Gasteiger partial charge < -0.3 is 11.1 Å². The van der Waals surface area contributed by atoms with E-state index < -0.39 is 0 Å². The number of hydrogen-bond donors (Lipinski definition) is 2. The highest BCUT2D eigenvalue weighted by Gasteiger charge is 2.21. The smallest absolute Gasteiger partial charge is 0.228 e. The lowest BCUT2D eigenvalue weighted by molar-refractivity contribution is -0.115. The van der Waals surface area contributed by atoms with Gasteiger partial charge in [-0.1, -0.05) is 0 Å². The molecule has 0 aliphatic carbocycles. The Labute approximate surface area is 118 Å². The van der Waals surface area contributed by atoms with E-state index in [2.05, 4.69) is 26.3 Å². The number of carbonyl (C=O) groups excluding carboxylic acids is 1. The van der Waals surface area contributed by atoms with E-state index in [1.165, 1.54) is 0 Å². The number of amides is 1. The maximum absolute atomic E-state index is 11.4. The first-order valence-electron chi connectivity index (χ1n) is 5.91. The predicted molar refractivity (Wildman–Crippen MR) is 77.5 cm³/mol. The molecule has 1 aliphatic heterocycles. The number of nitrogens with one attached hydrogen (secondary N) is 1. The number of anilines is 2. The Kier molecular flexibility index (Phi) is 2.63. The molecule has 1 aromatic carbocycles. The zero-order valence-electron chi connectivity index (χ0n) is 10.6. The Hall–Kier alpha value is -1.82. The van der Waals surface area contributed by atoms with Gasteiger partial charge in [0.05, 0.1) is 33.7 Å². The molecule has 1 amide bonds. The third-order valence-corrected chi connectivity index (χ3v) is 4.46. The van der Waals surface area contributed by atoms with Gasteiger partial charge in [-0.25, -0.2) is 4.68 Å². The second-order valence-electron chi connectivity index (χ2n) is 4.69. The molecule has 3 rings (SSSR count). The fourth-order valence-corrected chi connectivity index (χ4v) is 2.57. The van der Waals surface area contributed by atoms with Gasteiger partial charge in [0.2, 0.25) is 5.91 Å². The highest BCUT2D eigenvalue weighted by Crippen LogP contribution is 2.32. The van der Waals surface area contributed by atoms with Gasteiger partial charge in [-0.3, -0.25) is 4.79 Å². The lowest BCUT2D eigenvalue weighted by Gasteiger charge is -2.10. The quantitative estimate of drug-likeness (QED) is 0.792. The van der Waals surface area contributed by atoms with Crippen LogP contribution in [0.3, 0.4) is 0 Å². The maximum Gasteiger partial charge on any atom is 0.228 e. The van der Waals surface area contributed by atoms with Crippen molar-refractivity contribution in [2.75, 3.05) is 11.1 Å². The number of benzene rings is 1. The molecule has 0 bridgehead atoms. The first kappa shape index (κ1) is 12.2. The highest BCUT2D eigenvalue weighted by atomic mass is 79.9. The Bertz CT molecular complexity index is 705. The number of fused-ring (bicyclic) bond motifs is 1. The molecule has 2 aromatic rings. The van der Waals surface area contributed by atoms with Crippen molar-refractivity contribution in [3.8, 4) is 5.69 Å². The van der Waals surface area contributed by atoms with E-state index in [1.54, 1.807) is 4.68 Å². The van der Waals surface area contributed by atoms with Crippen LogP contribution in [0.1, 0.15) is 17.0 Å². The first-order valence-corrected chi connectivity index (χ1v) is 6.71. The van der Waals surface area contributed by atoms with E-state index in [0.717, 1.165) is 32.8 Å². The summed E-state index contributed by atoms with van der Waals surface area (Å²) in [5.74, 6) is 0.00102. The lowest BCUT2D eigenvalue weighted by atomic mass is 10.1. The molecule has 1 aromatic heterocycles. The Morgan fingerprint density at radius 3 is 2.79 bits per heavy atom. The number of hydrogen-bond acceptors (Lipinski definition) is 3. The van der Waals surface area contributed by atoms with E-state index in [1.807, 2.05) is 26.0 Å². The van der Waals surface area contributed by atoms with Crippen LogP contribution in [0.2, 0.25) is 0 Å². The first-order chi connectivity index (χ1) is 8.97. The van der Waals surface area contributed by atoms with Crippen LogP contribution in [-0.2, 0) is 11.2 Å². The van der Waals surface area contributed by atoms with Crippen molar-refractivity contribution < 1.29 is 4.79 Å². The third kappa shape index (κ3) is 1.83. The standard InChI is InChI=1S/C13H13BrN4O/c1-6-13(14)7(2)18(17-6)11-5-10-8(3-9(11)15)4-12(19)16-10/h3,5H,4,15H2,1-2H3,(H,16,19). The summed E-state index contributed by atoms with van der Waals surface area (Å²) in [7, 11) is 0. The van der Waals surface area contributed by atoms with Gasteiger partial charge in [-0.05, 0) is 47.5 Å². The molecule has 0 unspecified atom stereocenters. The average molecular weight is 321 g/mol. The number of aromatic nitrogens is 2. The van der Waals surface area contributed by atoms with E-state index >= 15 is 0 Å². The fourth-order valence-electron chi connectivity index (χ4n) is 2.32. The number of halogens is 1. The zero-order chi connectivity index (χ0) is 13.7. The third-order valence-electron chi connectivity index (χ3n) is 3.31. The van der Waals surface area contributed by atoms with Crippen LogP contribution in [0.25, 0.3) is 5.69 Å². The summed E-state index contributed by atoms with van der Waals surface area (Å²) < 4.78 is 2.76. The average Bonchev–Trinajstić information content (AvgIpc) is 2.82. The van der Waals surface area contributed by atoms with E-state index in [-0.39, 0.29) is 5.91 Å². The van der Waals surface area contributed by atoms with Crippen molar-refractivity contribution in [2.45, 2.75) is 20.3 Å². The minimum Gasteiger partial charge on any atom is -0.397 e. The van der Waals surface area contributed by atoms with Gasteiger partial charge in [0.1, 0.15) is 0 Å². The van der Waals surface area contributed by atoms with Crippen LogP contribution in [0.4, 0.5) is 11.4 Å². The van der Waals surface area contributed by atoms with Crippen molar-refractivity contribution in [1.29, 1.82) is 0 Å². The normalized spacial score (nSPS) is 13.5. The summed E-state index contributed by atoms with van der Waals surface area (Å²) >= 11 is 3.50. The van der Waals surface area contributed by atoms with Crippen molar-refractivity contribution in [2.24, 2.45) is 0 Å². The number of nitrogens with zero attached hydrogens (tertiary/aromatic N) is 2. The number of carbonyl (C=O) groups is 1. The van der Waals surface area contributed by atoms with Crippen LogP contribution in [0, 0.1) is 13.8 Å². The van der Waals surface area contributed by atoms with Crippen molar-refractivity contribution in [1.82, 2.24) is 9.78 Å². The summed E-state index contributed by atoms with van der Waals surface area (Å²) in [5.41, 5.74) is 11.1. The molecule has 1 aliphatic rings. The highest BCUT2D eigenvalue weighted by molar-refractivity contribution is 9.10. The molecule has 5 nitrogen and oxygen atoms in total. The minimum atomic E-state index is 0.00102. The van der Waals surface area contributed by atoms with Crippen molar-refractivity contribution in [3.63, 3.8) is 0 Å². The van der Waals surface area contributed by atoms with Crippen LogP contribution >= 0.6 is 15.9 Å². The summed E-state index contributed by atoms with van der Waals surface area (Å²) in [4.78, 5) is 11.4. The molecule has 6 heteroatoms. The molecular weight excluding hydrogens is 308 g/mol. The molecule has 0 atom stereocenters. The SMILES string of the molecule is Cc1nn(-c2cc3c(cc2N)CC(=O)N3)c(C)c1Br. The Morgan fingerprint density at radius 1 is 1.42 bits per heavy atom. The molecule has 3 N–H and O–H groups in total. The summed E-state index contributed by atoms with van der Waals surface area (Å²) in [6, 6.07) is 3.72. The van der Waals surface area contributed by atoms with Gasteiger partial charge in [0.15, 0.2) is 0 Å². The molecule has 0 saturated carbocycles. The fraction of sp³-hybridized carbons (Fsp3) is 0.231. The van der Waals surface area contributed by atoms with Crippen molar-refractivity contribution >= 4 is 33.2 Å². The largest absolute Gasteiger partial charge is 0.397 e. The van der Waals surface area contributed by atoms with Crippen LogP contribution in [0.5, 0.6) is 0 Å². The Balaban J connectivity index is 2.19. The van der Waals surface area contributed by atoms with Gasteiger partial charge in [0, 0.05) is 5.69 Å². The molecular formula is C13H13BrN4O. The number of aryl methyl sites for hydroxylation is 1. The van der Waals surface area contributed by atoms with Gasteiger partial charge in [0.25, 0.3) is 0 Å². The van der Waals surface area contributed by atoms with Gasteiger partial charge >= 0.3 is 0 Å². The molecule has 0 spiro atoms. The summed E-state index contributed by atoms with van der Waals surface area (Å²) in [5, 5.41) is 7.29. The van der Waals surface area contributed by atoms with Gasteiger partial charge in [-0.15, -0.1) is 0 Å². The number of nitrogens with two attached hydrogens (primary N) is 1. The molecule has 0 radical (unpaired) electrons. The molecule has 2 heterocycles. The number of rotatable bonds is 1. The summed E-state index contributed by atoms with van der Waals surface area (Å²) in [6.45, 7) is 3.90. The second-order valence-corrected chi connectivity index (χ2v) is 5.48. The predicted octanol–water partition coefficient (Wildman–Crippen LogP) is 2.33. The molecule has 98 valence electrons. The lowest BCUT2D eigenvalue weighted by Crippen LogP contribution is -2.05. The second kappa shape index (κ2) is 4.09. The van der Waals surface area contributed by atoms with Crippen LogP contribution in [-0.4, -0.2) is 15.7 Å². The van der Waals surface area contributed by atoms with E-state index in [4.69, 9.17) is 5.73 Å². The minimum absolute atomic E-state index is 0.00102. The monoisotopic (exact) mass is 320 g/mol.